The van der Waals surface area contributed by atoms with Gasteiger partial charge in [0.2, 0.25) is 5.60 Å². The third kappa shape index (κ3) is 6.06. The molecule has 10 nitrogen and oxygen atoms in total. The maximum absolute atomic E-state index is 13.9. The number of carbonyl (C=O) groups is 3. The summed E-state index contributed by atoms with van der Waals surface area (Å²) in [6, 6.07) is 7.05. The molecule has 4 heterocycles. The monoisotopic (exact) mass is 636 g/mol. The summed E-state index contributed by atoms with van der Waals surface area (Å²) in [4.78, 5) is 57.6. The van der Waals surface area contributed by atoms with E-state index in [0.29, 0.717) is 34.8 Å². The lowest BCUT2D eigenvalue weighted by atomic mass is 9.85. The molecule has 0 saturated carbocycles. The fraction of sp³-hybridized carbons (Fsp3) is 0.500. The average Bonchev–Trinajstić information content (AvgIpc) is 3.33. The third-order valence-electron chi connectivity index (χ3n) is 8.02. The fourth-order valence-corrected chi connectivity index (χ4v) is 6.45. The van der Waals surface area contributed by atoms with Crippen LogP contribution in [0.2, 0.25) is 0 Å². The second kappa shape index (κ2) is 11.8. The Balaban J connectivity index is 1.55. The molecule has 2 aliphatic rings. The molecule has 5 rings (SSSR count). The molecule has 45 heavy (non-hydrogen) atoms. The normalized spacial score (nSPS) is 17.3. The van der Waals surface area contributed by atoms with Gasteiger partial charge in [-0.1, -0.05) is 34.6 Å². The van der Waals surface area contributed by atoms with Gasteiger partial charge in [0.05, 0.1) is 34.4 Å². The zero-order valence-electron chi connectivity index (χ0n) is 27.1. The summed E-state index contributed by atoms with van der Waals surface area (Å²) in [5, 5.41) is 0.832. The predicted molar refractivity (Wildman–Crippen MR) is 171 cm³/mol. The summed E-state index contributed by atoms with van der Waals surface area (Å²) in [5.74, 6) is -0.111. The number of fused-ring (bicyclic) bond motifs is 5. The van der Waals surface area contributed by atoms with Crippen LogP contribution in [0.5, 0.6) is 5.75 Å². The third-order valence-corrected chi connectivity index (χ3v) is 9.25. The fourth-order valence-electron chi connectivity index (χ4n) is 5.67. The lowest BCUT2D eigenvalue weighted by Gasteiger charge is -2.35. The summed E-state index contributed by atoms with van der Waals surface area (Å²) in [7, 11) is 0. The molecule has 240 valence electrons. The van der Waals surface area contributed by atoms with Gasteiger partial charge in [-0.15, -0.1) is 0 Å². The van der Waals surface area contributed by atoms with Crippen LogP contribution in [0.3, 0.4) is 0 Å². The lowest BCUT2D eigenvalue weighted by Crippen LogP contribution is -2.47. The van der Waals surface area contributed by atoms with Crippen LogP contribution in [0.4, 0.5) is 4.79 Å². The molecule has 0 fully saturated rings. The maximum atomic E-state index is 13.9. The average molecular weight is 637 g/mol. The van der Waals surface area contributed by atoms with Gasteiger partial charge in [0, 0.05) is 27.0 Å². The molecule has 11 heteroatoms. The van der Waals surface area contributed by atoms with Crippen molar-refractivity contribution in [3.05, 3.63) is 56.9 Å². The van der Waals surface area contributed by atoms with E-state index in [9.17, 15) is 19.2 Å². The van der Waals surface area contributed by atoms with Crippen molar-refractivity contribution in [2.75, 3.05) is 12.4 Å². The summed E-state index contributed by atoms with van der Waals surface area (Å²) >= 11 is 1.63. The van der Waals surface area contributed by atoms with Crippen molar-refractivity contribution < 1.29 is 33.3 Å². The standard InChI is InChI=1S/C34H40N2O8S/c1-9-20-21-15-19(43-29(38)32(3,4)5)11-12-25(21)35-27-22(20)17-36-26(27)16-24-23(28(36)37)18-42-30(39)34(24,10-2)44-31(40)41-13-14-45-33(6,7)8/h11-12,15-16H,9-10,13-14,17-18H2,1-8H3/t34-/m0/s1. The molecule has 2 aromatic heterocycles. The number of benzene rings is 1. The molecular formula is C34H40N2O8S. The van der Waals surface area contributed by atoms with Crippen LogP contribution in [0.15, 0.2) is 29.1 Å². The summed E-state index contributed by atoms with van der Waals surface area (Å²) < 4.78 is 23.8. The number of hydrogen-bond acceptors (Lipinski definition) is 10. The van der Waals surface area contributed by atoms with Crippen molar-refractivity contribution in [2.45, 2.75) is 91.7 Å². The van der Waals surface area contributed by atoms with E-state index in [1.165, 1.54) is 0 Å². The van der Waals surface area contributed by atoms with Crippen LogP contribution in [0, 0.1) is 5.41 Å². The zero-order valence-corrected chi connectivity index (χ0v) is 27.9. The van der Waals surface area contributed by atoms with Crippen LogP contribution in [-0.4, -0.2) is 44.8 Å². The highest BCUT2D eigenvalue weighted by molar-refractivity contribution is 8.00. The van der Waals surface area contributed by atoms with E-state index in [0.717, 1.165) is 16.5 Å². The van der Waals surface area contributed by atoms with Gasteiger partial charge in [-0.2, -0.15) is 11.8 Å². The second-order valence-corrected chi connectivity index (χ2v) is 15.2. The van der Waals surface area contributed by atoms with Gasteiger partial charge in [-0.05, 0) is 63.4 Å². The van der Waals surface area contributed by atoms with E-state index in [1.54, 1.807) is 62.2 Å². The first-order chi connectivity index (χ1) is 21.1. The van der Waals surface area contributed by atoms with Gasteiger partial charge < -0.3 is 23.5 Å². The van der Waals surface area contributed by atoms with Crippen LogP contribution >= 0.6 is 11.8 Å². The predicted octanol–water partition coefficient (Wildman–Crippen LogP) is 6.29. The Bertz CT molecular complexity index is 1770. The molecule has 0 spiro atoms. The number of ether oxygens (including phenoxy) is 4. The molecule has 0 amide bonds. The number of cyclic esters (lactones) is 1. The topological polar surface area (TPSA) is 123 Å². The Morgan fingerprint density at radius 1 is 1.07 bits per heavy atom. The molecule has 1 aromatic carbocycles. The molecular weight excluding hydrogens is 596 g/mol. The van der Waals surface area contributed by atoms with Crippen molar-refractivity contribution in [1.82, 2.24) is 9.55 Å². The van der Waals surface area contributed by atoms with Gasteiger partial charge in [-0.3, -0.25) is 9.59 Å². The maximum Gasteiger partial charge on any atom is 0.509 e. The molecule has 0 unspecified atom stereocenters. The number of carbonyl (C=O) groups excluding carboxylic acids is 3. The minimum Gasteiger partial charge on any atom is -0.457 e. The Morgan fingerprint density at radius 2 is 1.80 bits per heavy atom. The largest absolute Gasteiger partial charge is 0.509 e. The second-order valence-electron chi connectivity index (χ2n) is 13.3. The van der Waals surface area contributed by atoms with E-state index in [4.69, 9.17) is 23.9 Å². The first-order valence-corrected chi connectivity index (χ1v) is 16.2. The van der Waals surface area contributed by atoms with E-state index in [2.05, 4.69) is 20.8 Å². The SMILES string of the molecule is CCc1c2c(nc3ccc(OC(=O)C(C)(C)C)cc13)-c1cc3c(c(=O)n1C2)COC(=O)[C@@]3(CC)OC(=O)OCCSC(C)(C)C. The van der Waals surface area contributed by atoms with Gasteiger partial charge in [0.15, 0.2) is 0 Å². The minimum absolute atomic E-state index is 0.00124. The summed E-state index contributed by atoms with van der Waals surface area (Å²) in [6.07, 6.45) is -0.317. The Kier molecular flexibility index (Phi) is 8.54. The molecule has 2 aliphatic heterocycles. The van der Waals surface area contributed by atoms with Crippen molar-refractivity contribution in [3.63, 3.8) is 0 Å². The quantitative estimate of drug-likeness (QED) is 0.130. The van der Waals surface area contributed by atoms with Gasteiger partial charge in [0.1, 0.15) is 19.0 Å². The lowest BCUT2D eigenvalue weighted by molar-refractivity contribution is -0.175. The molecule has 3 aromatic rings. The first-order valence-electron chi connectivity index (χ1n) is 15.2. The molecule has 0 N–H and O–H groups in total. The number of rotatable bonds is 7. The Hall–Kier alpha value is -3.86. The van der Waals surface area contributed by atoms with Gasteiger partial charge >= 0.3 is 18.1 Å². The van der Waals surface area contributed by atoms with E-state index >= 15 is 0 Å². The highest BCUT2D eigenvalue weighted by atomic mass is 32.2. The molecule has 0 aliphatic carbocycles. The molecule has 1 atom stereocenters. The number of aromatic nitrogens is 2. The van der Waals surface area contributed by atoms with Gasteiger partial charge in [-0.25, -0.2) is 14.6 Å². The van der Waals surface area contributed by atoms with Crippen molar-refractivity contribution in [3.8, 4) is 17.1 Å². The number of aryl methyl sites for hydroxylation is 1. The molecule has 0 radical (unpaired) electrons. The van der Waals surface area contributed by atoms with E-state index < -0.39 is 23.1 Å². The number of hydrogen-bond donors (Lipinski definition) is 0. The smallest absolute Gasteiger partial charge is 0.457 e. The van der Waals surface area contributed by atoms with E-state index in [-0.39, 0.29) is 53.6 Å². The number of pyridine rings is 2. The Morgan fingerprint density at radius 3 is 2.44 bits per heavy atom. The van der Waals surface area contributed by atoms with Gasteiger partial charge in [0.25, 0.3) is 5.56 Å². The molecule has 0 saturated heterocycles. The highest BCUT2D eigenvalue weighted by Gasteiger charge is 2.51. The van der Waals surface area contributed by atoms with Crippen molar-refractivity contribution in [2.24, 2.45) is 5.41 Å². The number of esters is 2. The highest BCUT2D eigenvalue weighted by Crippen LogP contribution is 2.42. The van der Waals surface area contributed by atoms with Crippen molar-refractivity contribution >= 4 is 40.8 Å². The van der Waals surface area contributed by atoms with Crippen LogP contribution in [0.1, 0.15) is 84.1 Å². The summed E-state index contributed by atoms with van der Waals surface area (Å²) in [6.45, 7) is 15.5. The van der Waals surface area contributed by atoms with Crippen molar-refractivity contribution in [1.29, 1.82) is 0 Å². The number of thioether (sulfide) groups is 1. The van der Waals surface area contributed by atoms with Crippen LogP contribution < -0.4 is 10.3 Å². The van der Waals surface area contributed by atoms with Crippen LogP contribution in [-0.2, 0) is 49.0 Å². The number of nitrogens with zero attached hydrogens (tertiary/aromatic N) is 2. The van der Waals surface area contributed by atoms with Crippen LogP contribution in [0.25, 0.3) is 22.3 Å². The van der Waals surface area contributed by atoms with E-state index in [1.807, 2.05) is 13.0 Å². The summed E-state index contributed by atoms with van der Waals surface area (Å²) in [5.41, 5.74) is 1.37. The molecule has 0 bridgehead atoms. The first kappa shape index (κ1) is 32.5. The Labute approximate surface area is 266 Å². The zero-order chi connectivity index (χ0) is 32.9. The minimum atomic E-state index is -1.84.